The number of aromatic nitrogens is 5. The molecule has 0 bridgehead atoms. The molecule has 5 rings (SSSR count). The normalized spacial score (nSPS) is 14.0. The molecule has 7 nitrogen and oxygen atoms in total. The molecular formula is C24H28N6OS. The summed E-state index contributed by atoms with van der Waals surface area (Å²) >= 11 is 1.50. The Labute approximate surface area is 191 Å². The van der Waals surface area contributed by atoms with E-state index in [-0.39, 0.29) is 5.91 Å². The van der Waals surface area contributed by atoms with E-state index in [0.717, 1.165) is 71.2 Å². The first-order valence-electron chi connectivity index (χ1n) is 11.3. The van der Waals surface area contributed by atoms with Crippen LogP contribution in [0.25, 0.3) is 21.6 Å². The van der Waals surface area contributed by atoms with Gasteiger partial charge < -0.3 is 9.88 Å². The van der Waals surface area contributed by atoms with Crippen molar-refractivity contribution in [2.24, 2.45) is 5.92 Å². The molecule has 166 valence electrons. The van der Waals surface area contributed by atoms with Gasteiger partial charge in [0.15, 0.2) is 5.82 Å². The van der Waals surface area contributed by atoms with Gasteiger partial charge in [0, 0.05) is 36.1 Å². The quantitative estimate of drug-likeness (QED) is 0.449. The second kappa shape index (κ2) is 8.50. The third kappa shape index (κ3) is 3.95. The van der Waals surface area contributed by atoms with Gasteiger partial charge in [-0.3, -0.25) is 9.48 Å². The third-order valence-corrected chi connectivity index (χ3v) is 7.00. The number of hydrogen-bond acceptors (Lipinski definition) is 5. The molecule has 8 heteroatoms. The highest BCUT2D eigenvalue weighted by Crippen LogP contribution is 2.30. The average Bonchev–Trinajstić information content (AvgIpc) is 3.39. The predicted octanol–water partition coefficient (Wildman–Crippen LogP) is 5.30. The smallest absolute Gasteiger partial charge is 0.265 e. The molecular weight excluding hydrogens is 420 g/mol. The monoisotopic (exact) mass is 448 g/mol. The van der Waals surface area contributed by atoms with E-state index in [9.17, 15) is 4.79 Å². The van der Waals surface area contributed by atoms with Gasteiger partial charge in [0.2, 0.25) is 0 Å². The molecule has 3 aromatic heterocycles. The van der Waals surface area contributed by atoms with Crippen LogP contribution >= 0.6 is 11.3 Å². The maximum atomic E-state index is 13.0. The number of aryl methyl sites for hydroxylation is 2. The molecule has 4 heterocycles. The lowest BCUT2D eigenvalue weighted by Crippen LogP contribution is -2.10. The van der Waals surface area contributed by atoms with E-state index in [1.54, 1.807) is 0 Å². The van der Waals surface area contributed by atoms with Gasteiger partial charge in [-0.2, -0.15) is 5.10 Å². The number of rotatable bonds is 5. The van der Waals surface area contributed by atoms with Crippen LogP contribution in [-0.2, 0) is 19.5 Å². The number of fused-ring (bicyclic) bond motifs is 2. The van der Waals surface area contributed by atoms with Crippen LogP contribution in [0.5, 0.6) is 0 Å². The topological polar surface area (TPSA) is 77.6 Å². The standard InChI is InChI=1S/C24H28N6OS/c1-15(2)14-30-24-19(16(3)28-30)13-20(32-24)23(31)25-18-9-7-8-17(12-18)22-27-26-21-10-5-4-6-11-29(21)22/h7-9,12-13,15H,4-6,10-11,14H2,1-3H3,(H,25,31). The van der Waals surface area contributed by atoms with Gasteiger partial charge in [-0.25, -0.2) is 0 Å². The third-order valence-electron chi connectivity index (χ3n) is 5.86. The maximum Gasteiger partial charge on any atom is 0.265 e. The molecule has 0 atom stereocenters. The van der Waals surface area contributed by atoms with E-state index in [1.807, 2.05) is 41.9 Å². The summed E-state index contributed by atoms with van der Waals surface area (Å²) in [5.41, 5.74) is 2.70. The van der Waals surface area contributed by atoms with Crippen LogP contribution in [0.3, 0.4) is 0 Å². The molecule has 0 saturated carbocycles. The lowest BCUT2D eigenvalue weighted by molar-refractivity contribution is 0.103. The second-order valence-corrected chi connectivity index (χ2v) is 9.96. The molecule has 1 N–H and O–H groups in total. The molecule has 0 fully saturated rings. The Balaban J connectivity index is 1.39. The first kappa shape index (κ1) is 20.9. The SMILES string of the molecule is Cc1nn(CC(C)C)c2sc(C(=O)Nc3cccc(-c4nnc5n4CCCCC5)c3)cc12. The van der Waals surface area contributed by atoms with Crippen molar-refractivity contribution in [3.8, 4) is 11.4 Å². The summed E-state index contributed by atoms with van der Waals surface area (Å²) in [5, 5.41) is 17.6. The molecule has 0 radical (unpaired) electrons. The van der Waals surface area contributed by atoms with Gasteiger partial charge in [0.05, 0.1) is 10.6 Å². The van der Waals surface area contributed by atoms with Crippen molar-refractivity contribution in [2.45, 2.75) is 59.5 Å². The van der Waals surface area contributed by atoms with Crippen molar-refractivity contribution in [1.82, 2.24) is 24.5 Å². The van der Waals surface area contributed by atoms with Crippen LogP contribution in [0.4, 0.5) is 5.69 Å². The lowest BCUT2D eigenvalue weighted by Gasteiger charge is -2.09. The molecule has 0 unspecified atom stereocenters. The number of anilines is 1. The highest BCUT2D eigenvalue weighted by Gasteiger charge is 2.19. The number of carbonyl (C=O) groups excluding carboxylic acids is 1. The van der Waals surface area contributed by atoms with E-state index in [1.165, 1.54) is 17.8 Å². The first-order chi connectivity index (χ1) is 15.5. The molecule has 1 amide bonds. The molecule has 4 aromatic rings. The number of thiophene rings is 1. The predicted molar refractivity (Wildman–Crippen MR) is 128 cm³/mol. The van der Waals surface area contributed by atoms with Crippen molar-refractivity contribution >= 4 is 33.1 Å². The van der Waals surface area contributed by atoms with Crippen LogP contribution < -0.4 is 5.32 Å². The maximum absolute atomic E-state index is 13.0. The largest absolute Gasteiger partial charge is 0.321 e. The van der Waals surface area contributed by atoms with Crippen LogP contribution in [0, 0.1) is 12.8 Å². The van der Waals surface area contributed by atoms with Crippen molar-refractivity contribution in [3.63, 3.8) is 0 Å². The number of carbonyl (C=O) groups is 1. The molecule has 0 saturated heterocycles. The van der Waals surface area contributed by atoms with Crippen molar-refractivity contribution < 1.29 is 4.79 Å². The Bertz CT molecular complexity index is 1280. The Morgan fingerprint density at radius 3 is 2.91 bits per heavy atom. The van der Waals surface area contributed by atoms with Gasteiger partial charge in [-0.15, -0.1) is 21.5 Å². The summed E-state index contributed by atoms with van der Waals surface area (Å²) in [6.45, 7) is 8.13. The van der Waals surface area contributed by atoms with Gasteiger partial charge in [-0.05, 0) is 43.9 Å². The van der Waals surface area contributed by atoms with E-state index >= 15 is 0 Å². The fourth-order valence-electron chi connectivity index (χ4n) is 4.32. The fraction of sp³-hybridized carbons (Fsp3) is 0.417. The van der Waals surface area contributed by atoms with Crippen LogP contribution in [-0.4, -0.2) is 30.5 Å². The zero-order valence-corrected chi connectivity index (χ0v) is 19.6. The van der Waals surface area contributed by atoms with Gasteiger partial charge in [0.25, 0.3) is 5.91 Å². The summed E-state index contributed by atoms with van der Waals surface area (Å²) < 4.78 is 4.25. The Morgan fingerprint density at radius 1 is 1.19 bits per heavy atom. The lowest BCUT2D eigenvalue weighted by atomic mass is 10.2. The Morgan fingerprint density at radius 2 is 2.06 bits per heavy atom. The van der Waals surface area contributed by atoms with E-state index in [4.69, 9.17) is 0 Å². The Hall–Kier alpha value is -3.00. The number of benzene rings is 1. The van der Waals surface area contributed by atoms with E-state index < -0.39 is 0 Å². The van der Waals surface area contributed by atoms with Crippen molar-refractivity contribution in [2.75, 3.05) is 5.32 Å². The van der Waals surface area contributed by atoms with Crippen molar-refractivity contribution in [3.05, 3.63) is 46.7 Å². The Kier molecular flexibility index (Phi) is 5.55. The molecule has 1 aliphatic heterocycles. The highest BCUT2D eigenvalue weighted by atomic mass is 32.1. The minimum atomic E-state index is -0.0982. The minimum absolute atomic E-state index is 0.0982. The fourth-order valence-corrected chi connectivity index (χ4v) is 5.39. The first-order valence-corrected chi connectivity index (χ1v) is 12.1. The molecule has 1 aromatic carbocycles. The van der Waals surface area contributed by atoms with Gasteiger partial charge >= 0.3 is 0 Å². The number of hydrogen-bond donors (Lipinski definition) is 1. The minimum Gasteiger partial charge on any atom is -0.321 e. The zero-order chi connectivity index (χ0) is 22.2. The highest BCUT2D eigenvalue weighted by molar-refractivity contribution is 7.20. The number of amides is 1. The van der Waals surface area contributed by atoms with Crippen LogP contribution in [0.1, 0.15) is 54.3 Å². The molecule has 1 aliphatic rings. The molecule has 32 heavy (non-hydrogen) atoms. The van der Waals surface area contributed by atoms with E-state index in [0.29, 0.717) is 10.8 Å². The second-order valence-electron chi connectivity index (χ2n) is 8.93. The molecule has 0 spiro atoms. The number of nitrogens with one attached hydrogen (secondary N) is 1. The summed E-state index contributed by atoms with van der Waals surface area (Å²) in [6, 6.07) is 9.84. The summed E-state index contributed by atoms with van der Waals surface area (Å²) in [5.74, 6) is 2.33. The summed E-state index contributed by atoms with van der Waals surface area (Å²) in [4.78, 5) is 14.8. The van der Waals surface area contributed by atoms with Gasteiger partial charge in [0.1, 0.15) is 10.7 Å². The van der Waals surface area contributed by atoms with Gasteiger partial charge in [-0.1, -0.05) is 32.4 Å². The van der Waals surface area contributed by atoms with Crippen LogP contribution in [0.15, 0.2) is 30.3 Å². The number of nitrogens with zero attached hydrogens (tertiary/aromatic N) is 5. The summed E-state index contributed by atoms with van der Waals surface area (Å²) in [7, 11) is 0. The van der Waals surface area contributed by atoms with Crippen LogP contribution in [0.2, 0.25) is 0 Å². The molecule has 0 aliphatic carbocycles. The average molecular weight is 449 g/mol. The van der Waals surface area contributed by atoms with E-state index in [2.05, 4.69) is 39.0 Å². The van der Waals surface area contributed by atoms with Crippen molar-refractivity contribution in [1.29, 1.82) is 0 Å². The summed E-state index contributed by atoms with van der Waals surface area (Å²) in [6.07, 6.45) is 4.51. The zero-order valence-electron chi connectivity index (χ0n) is 18.8.